The molecule has 1 fully saturated rings. The molecule has 1 aliphatic heterocycles. The van der Waals surface area contributed by atoms with Crippen molar-refractivity contribution in [3.63, 3.8) is 0 Å². The number of rotatable bonds is 5. The van der Waals surface area contributed by atoms with Gasteiger partial charge < -0.3 is 10.2 Å². The summed E-state index contributed by atoms with van der Waals surface area (Å²) in [7, 11) is 0. The molecule has 0 amide bonds. The highest BCUT2D eigenvalue weighted by molar-refractivity contribution is 5.66. The Bertz CT molecular complexity index is 182. The van der Waals surface area contributed by atoms with Crippen LogP contribution in [0.1, 0.15) is 32.1 Å². The Morgan fingerprint density at radius 2 is 2.21 bits per heavy atom. The van der Waals surface area contributed by atoms with Crippen LogP contribution in [0, 0.1) is 0 Å². The highest BCUT2D eigenvalue weighted by Gasteiger charge is 2.21. The molecule has 2 N–H and O–H groups in total. The molecule has 4 nitrogen and oxygen atoms in total. The smallest absolute Gasteiger partial charge is 0.304 e. The summed E-state index contributed by atoms with van der Waals surface area (Å²) in [6.45, 7) is 1.81. The van der Waals surface area contributed by atoms with Gasteiger partial charge in [0.25, 0.3) is 0 Å². The maximum atomic E-state index is 10.4. The Hall–Kier alpha value is -0.610. The number of carboxylic acids is 1. The topological polar surface area (TPSA) is 60.8 Å². The molecule has 0 spiro atoms. The van der Waals surface area contributed by atoms with E-state index in [0.717, 1.165) is 25.8 Å². The standard InChI is InChI=1S/C10H19NO3/c12-8-5-9-3-1-2-6-11(9)7-4-10(13)14/h9,12H,1-8H2,(H,13,14). The van der Waals surface area contributed by atoms with E-state index in [0.29, 0.717) is 12.6 Å². The third-order valence-electron chi connectivity index (χ3n) is 2.82. The molecule has 0 radical (unpaired) electrons. The van der Waals surface area contributed by atoms with Gasteiger partial charge in [0.1, 0.15) is 0 Å². The fourth-order valence-corrected chi connectivity index (χ4v) is 2.07. The summed E-state index contributed by atoms with van der Waals surface area (Å²) in [4.78, 5) is 12.6. The van der Waals surface area contributed by atoms with Gasteiger partial charge in [-0.1, -0.05) is 6.42 Å². The number of nitrogens with zero attached hydrogens (tertiary/aromatic N) is 1. The minimum atomic E-state index is -0.738. The highest BCUT2D eigenvalue weighted by atomic mass is 16.4. The monoisotopic (exact) mass is 201 g/mol. The van der Waals surface area contributed by atoms with Gasteiger partial charge in [-0.2, -0.15) is 0 Å². The fourth-order valence-electron chi connectivity index (χ4n) is 2.07. The lowest BCUT2D eigenvalue weighted by molar-refractivity contribution is -0.137. The zero-order chi connectivity index (χ0) is 10.4. The van der Waals surface area contributed by atoms with Gasteiger partial charge in [-0.05, 0) is 25.8 Å². The Labute approximate surface area is 84.5 Å². The van der Waals surface area contributed by atoms with Gasteiger partial charge in [0.15, 0.2) is 0 Å². The van der Waals surface area contributed by atoms with Crippen molar-refractivity contribution in [1.82, 2.24) is 4.90 Å². The molecule has 82 valence electrons. The van der Waals surface area contributed by atoms with E-state index in [2.05, 4.69) is 4.90 Å². The van der Waals surface area contributed by atoms with Crippen molar-refractivity contribution in [2.24, 2.45) is 0 Å². The molecule has 1 saturated heterocycles. The van der Waals surface area contributed by atoms with Gasteiger partial charge in [0.2, 0.25) is 0 Å². The number of aliphatic hydroxyl groups is 1. The molecule has 1 atom stereocenters. The molecule has 0 saturated carbocycles. The highest BCUT2D eigenvalue weighted by Crippen LogP contribution is 2.19. The second kappa shape index (κ2) is 5.98. The zero-order valence-electron chi connectivity index (χ0n) is 8.48. The summed E-state index contributed by atoms with van der Waals surface area (Å²) < 4.78 is 0. The molecular weight excluding hydrogens is 182 g/mol. The predicted molar refractivity (Wildman–Crippen MR) is 53.2 cm³/mol. The summed E-state index contributed by atoms with van der Waals surface area (Å²) in [5, 5.41) is 17.5. The van der Waals surface area contributed by atoms with Crippen molar-refractivity contribution in [2.45, 2.75) is 38.1 Å². The molecule has 0 aliphatic carbocycles. The SMILES string of the molecule is O=C(O)CCN1CCCCC1CCO. The van der Waals surface area contributed by atoms with E-state index in [-0.39, 0.29) is 13.0 Å². The lowest BCUT2D eigenvalue weighted by Gasteiger charge is -2.35. The molecule has 0 bridgehead atoms. The quantitative estimate of drug-likeness (QED) is 0.687. The minimum Gasteiger partial charge on any atom is -0.481 e. The van der Waals surface area contributed by atoms with Gasteiger partial charge in [-0.15, -0.1) is 0 Å². The second-order valence-corrected chi connectivity index (χ2v) is 3.84. The number of piperidine rings is 1. The first kappa shape index (κ1) is 11.5. The van der Waals surface area contributed by atoms with Gasteiger partial charge in [-0.25, -0.2) is 0 Å². The van der Waals surface area contributed by atoms with Crippen LogP contribution in [0.5, 0.6) is 0 Å². The van der Waals surface area contributed by atoms with E-state index in [1.165, 1.54) is 6.42 Å². The predicted octanol–water partition coefficient (Wildman–Crippen LogP) is 0.698. The van der Waals surface area contributed by atoms with Crippen molar-refractivity contribution < 1.29 is 15.0 Å². The van der Waals surface area contributed by atoms with Crippen molar-refractivity contribution in [3.8, 4) is 0 Å². The lowest BCUT2D eigenvalue weighted by Crippen LogP contribution is -2.41. The van der Waals surface area contributed by atoms with Crippen molar-refractivity contribution in [3.05, 3.63) is 0 Å². The molecule has 1 unspecified atom stereocenters. The molecule has 0 aromatic heterocycles. The van der Waals surface area contributed by atoms with Crippen LogP contribution in [0.4, 0.5) is 0 Å². The van der Waals surface area contributed by atoms with Crippen LogP contribution in [0.3, 0.4) is 0 Å². The number of aliphatic hydroxyl groups excluding tert-OH is 1. The molecule has 0 aromatic rings. The van der Waals surface area contributed by atoms with E-state index in [1.54, 1.807) is 0 Å². The molecule has 1 aliphatic rings. The van der Waals surface area contributed by atoms with Crippen molar-refractivity contribution >= 4 is 5.97 Å². The van der Waals surface area contributed by atoms with Gasteiger partial charge in [0.05, 0.1) is 6.42 Å². The number of carbonyl (C=O) groups is 1. The van der Waals surface area contributed by atoms with Crippen LogP contribution in [-0.4, -0.2) is 46.8 Å². The lowest BCUT2D eigenvalue weighted by atomic mass is 9.99. The maximum absolute atomic E-state index is 10.4. The van der Waals surface area contributed by atoms with Crippen LogP contribution >= 0.6 is 0 Å². The van der Waals surface area contributed by atoms with Gasteiger partial charge >= 0.3 is 5.97 Å². The van der Waals surface area contributed by atoms with Crippen LogP contribution < -0.4 is 0 Å². The van der Waals surface area contributed by atoms with Crippen LogP contribution in [0.15, 0.2) is 0 Å². The summed E-state index contributed by atoms with van der Waals surface area (Å²) >= 11 is 0. The number of carboxylic acid groups (broad SMARTS) is 1. The molecule has 0 aromatic carbocycles. The van der Waals surface area contributed by atoms with Crippen molar-refractivity contribution in [1.29, 1.82) is 0 Å². The first-order valence-corrected chi connectivity index (χ1v) is 5.30. The fraction of sp³-hybridized carbons (Fsp3) is 0.900. The summed E-state index contributed by atoms with van der Waals surface area (Å²) in [6, 6.07) is 0.396. The second-order valence-electron chi connectivity index (χ2n) is 3.84. The first-order valence-electron chi connectivity index (χ1n) is 5.30. The number of aliphatic carboxylic acids is 1. The molecule has 4 heteroatoms. The minimum absolute atomic E-state index is 0.203. The summed E-state index contributed by atoms with van der Waals surface area (Å²) in [6.07, 6.45) is 4.44. The first-order chi connectivity index (χ1) is 6.74. The Kier molecular flexibility index (Phi) is 4.90. The summed E-state index contributed by atoms with van der Waals surface area (Å²) in [5.41, 5.74) is 0. The Morgan fingerprint density at radius 1 is 1.43 bits per heavy atom. The molecule has 1 rings (SSSR count). The van der Waals surface area contributed by atoms with Crippen LogP contribution in [0.25, 0.3) is 0 Å². The van der Waals surface area contributed by atoms with E-state index in [4.69, 9.17) is 10.2 Å². The number of likely N-dealkylation sites (tertiary alicyclic amines) is 1. The van der Waals surface area contributed by atoms with E-state index >= 15 is 0 Å². The molecule has 14 heavy (non-hydrogen) atoms. The van der Waals surface area contributed by atoms with E-state index in [9.17, 15) is 4.79 Å². The van der Waals surface area contributed by atoms with Gasteiger partial charge in [0, 0.05) is 19.2 Å². The van der Waals surface area contributed by atoms with Crippen LogP contribution in [-0.2, 0) is 4.79 Å². The maximum Gasteiger partial charge on any atom is 0.304 e. The average molecular weight is 201 g/mol. The largest absolute Gasteiger partial charge is 0.481 e. The Morgan fingerprint density at radius 3 is 2.86 bits per heavy atom. The van der Waals surface area contributed by atoms with E-state index < -0.39 is 5.97 Å². The van der Waals surface area contributed by atoms with Crippen LogP contribution in [0.2, 0.25) is 0 Å². The Balaban J connectivity index is 2.33. The number of hydrogen-bond acceptors (Lipinski definition) is 3. The van der Waals surface area contributed by atoms with E-state index in [1.807, 2.05) is 0 Å². The summed E-state index contributed by atoms with van der Waals surface area (Å²) in [5.74, 6) is -0.738. The molecule has 1 heterocycles. The number of hydrogen-bond donors (Lipinski definition) is 2. The normalized spacial score (nSPS) is 23.6. The third-order valence-corrected chi connectivity index (χ3v) is 2.82. The molecular formula is C10H19NO3. The average Bonchev–Trinajstić information content (AvgIpc) is 2.17. The van der Waals surface area contributed by atoms with Gasteiger partial charge in [-0.3, -0.25) is 9.69 Å². The van der Waals surface area contributed by atoms with Crippen molar-refractivity contribution in [2.75, 3.05) is 19.7 Å². The third kappa shape index (κ3) is 3.64. The zero-order valence-corrected chi connectivity index (χ0v) is 8.48.